The van der Waals surface area contributed by atoms with Crippen molar-refractivity contribution in [2.75, 3.05) is 0 Å². The van der Waals surface area contributed by atoms with Gasteiger partial charge >= 0.3 is 0 Å². The Labute approximate surface area is 171 Å². The molecule has 0 N–H and O–H groups in total. The van der Waals surface area contributed by atoms with Gasteiger partial charge in [0.2, 0.25) is 0 Å². The predicted octanol–water partition coefficient (Wildman–Crippen LogP) is 5.09. The highest BCUT2D eigenvalue weighted by molar-refractivity contribution is 6.03. The van der Waals surface area contributed by atoms with Gasteiger partial charge in [0.05, 0.1) is 47.0 Å². The van der Waals surface area contributed by atoms with Crippen LogP contribution in [0.25, 0.3) is 21.9 Å². The van der Waals surface area contributed by atoms with Crippen LogP contribution in [0.3, 0.4) is 0 Å². The van der Waals surface area contributed by atoms with Gasteiger partial charge in [-0.05, 0) is 38.0 Å². The second-order valence-corrected chi connectivity index (χ2v) is 7.86. The Morgan fingerprint density at radius 2 is 2.13 bits per heavy atom. The summed E-state index contributed by atoms with van der Waals surface area (Å²) in [6.07, 6.45) is 3.35. The van der Waals surface area contributed by atoms with Crippen LogP contribution in [0, 0.1) is 18.3 Å². The molecule has 0 amide bonds. The van der Waals surface area contributed by atoms with Gasteiger partial charge in [-0.2, -0.15) is 5.26 Å². The first-order chi connectivity index (χ1) is 14.5. The number of fused-ring (bicyclic) bond motifs is 3. The molecule has 1 aliphatic carbocycles. The zero-order valence-corrected chi connectivity index (χ0v) is 16.4. The normalized spacial score (nSPS) is 18.7. The minimum absolute atomic E-state index is 0.147. The summed E-state index contributed by atoms with van der Waals surface area (Å²) in [5.74, 6) is -1.69. The van der Waals surface area contributed by atoms with Crippen molar-refractivity contribution in [3.63, 3.8) is 0 Å². The van der Waals surface area contributed by atoms with E-state index >= 15 is 8.78 Å². The van der Waals surface area contributed by atoms with Crippen LogP contribution in [0.2, 0.25) is 0 Å². The van der Waals surface area contributed by atoms with E-state index in [1.807, 2.05) is 0 Å². The minimum atomic E-state index is -2.84. The second-order valence-electron chi connectivity index (χ2n) is 7.86. The van der Waals surface area contributed by atoms with E-state index in [-0.39, 0.29) is 12.8 Å². The summed E-state index contributed by atoms with van der Waals surface area (Å²) in [5, 5.41) is 14.0. The minimum Gasteiger partial charge on any atom is -0.361 e. The largest absolute Gasteiger partial charge is 0.361 e. The molecule has 1 fully saturated rings. The molecule has 1 aromatic carbocycles. The molecule has 0 spiro atoms. The van der Waals surface area contributed by atoms with E-state index < -0.39 is 12.0 Å². The van der Waals surface area contributed by atoms with E-state index in [0.717, 1.165) is 6.42 Å². The van der Waals surface area contributed by atoms with Crippen LogP contribution < -0.4 is 0 Å². The third-order valence-electron chi connectivity index (χ3n) is 5.77. The number of nitriles is 1. The van der Waals surface area contributed by atoms with Crippen LogP contribution in [0.15, 0.2) is 35.0 Å². The Hall–Kier alpha value is -3.34. The molecule has 5 rings (SSSR count). The van der Waals surface area contributed by atoms with Gasteiger partial charge in [0.1, 0.15) is 17.1 Å². The fourth-order valence-electron chi connectivity index (χ4n) is 4.41. The lowest BCUT2D eigenvalue weighted by Crippen LogP contribution is -2.35. The first-order valence-corrected chi connectivity index (χ1v) is 9.96. The van der Waals surface area contributed by atoms with Gasteiger partial charge in [-0.3, -0.25) is 4.98 Å². The molecular weight excluding hydrogens is 388 g/mol. The number of hydrogen-bond donors (Lipinski definition) is 0. The van der Waals surface area contributed by atoms with Crippen molar-refractivity contribution < 1.29 is 13.3 Å². The summed E-state index contributed by atoms with van der Waals surface area (Å²) in [6, 6.07) is 8.02. The molecule has 0 saturated heterocycles. The smallest absolute Gasteiger partial charge is 0.268 e. The van der Waals surface area contributed by atoms with Crippen LogP contribution in [0.4, 0.5) is 8.78 Å². The van der Waals surface area contributed by atoms with Gasteiger partial charge in [-0.1, -0.05) is 11.6 Å². The van der Waals surface area contributed by atoms with Gasteiger partial charge in [-0.15, -0.1) is 0 Å². The van der Waals surface area contributed by atoms with Gasteiger partial charge in [0.25, 0.3) is 5.92 Å². The number of benzene rings is 1. The number of nitrogens with zero attached hydrogens (tertiary/aromatic N) is 5. The lowest BCUT2D eigenvalue weighted by Gasteiger charge is -2.33. The first kappa shape index (κ1) is 18.7. The van der Waals surface area contributed by atoms with Crippen LogP contribution in [-0.4, -0.2) is 25.6 Å². The summed E-state index contributed by atoms with van der Waals surface area (Å²) in [4.78, 5) is 9.09. The number of aromatic nitrogens is 4. The molecular formula is C22H19F2N5O. The summed E-state index contributed by atoms with van der Waals surface area (Å²) in [5.41, 5.74) is 2.87. The van der Waals surface area contributed by atoms with Crippen LogP contribution in [0.1, 0.15) is 54.6 Å². The van der Waals surface area contributed by atoms with Crippen molar-refractivity contribution in [2.24, 2.45) is 0 Å². The second kappa shape index (κ2) is 6.87. The van der Waals surface area contributed by atoms with Gasteiger partial charge < -0.3 is 9.09 Å². The lowest BCUT2D eigenvalue weighted by atomic mass is 9.91. The molecule has 1 atom stereocenters. The van der Waals surface area contributed by atoms with Gasteiger partial charge in [0.15, 0.2) is 0 Å². The fourth-order valence-corrected chi connectivity index (χ4v) is 4.41. The highest BCUT2D eigenvalue weighted by Gasteiger charge is 2.44. The first-order valence-electron chi connectivity index (χ1n) is 9.96. The van der Waals surface area contributed by atoms with E-state index in [0.29, 0.717) is 57.6 Å². The maximum absolute atomic E-state index is 15.1. The highest BCUT2D eigenvalue weighted by atomic mass is 19.3. The standard InChI is InChI=1S/C22H19F2N5O/c1-13-8-15(28-30-13)10-20-27-18-12-26-17-6-5-14(11-25)9-16(17)21(18)29(20)19-4-2-3-7-22(19,23)24/h5-6,8-9,12,19H,2-4,7,10H2,1H3. The lowest BCUT2D eigenvalue weighted by molar-refractivity contribution is -0.0775. The fraction of sp³-hybridized carbons (Fsp3) is 0.364. The average molecular weight is 407 g/mol. The average Bonchev–Trinajstić information content (AvgIpc) is 3.30. The summed E-state index contributed by atoms with van der Waals surface area (Å²) >= 11 is 0. The van der Waals surface area contributed by atoms with E-state index in [4.69, 9.17) is 4.52 Å². The monoisotopic (exact) mass is 407 g/mol. The summed E-state index contributed by atoms with van der Waals surface area (Å²) < 4.78 is 37.0. The molecule has 30 heavy (non-hydrogen) atoms. The maximum Gasteiger partial charge on any atom is 0.268 e. The topological polar surface area (TPSA) is 80.5 Å². The summed E-state index contributed by atoms with van der Waals surface area (Å²) in [6.45, 7) is 1.79. The van der Waals surface area contributed by atoms with Gasteiger partial charge in [-0.25, -0.2) is 13.8 Å². The molecule has 0 aliphatic heterocycles. The third kappa shape index (κ3) is 3.02. The van der Waals surface area contributed by atoms with E-state index in [9.17, 15) is 5.26 Å². The van der Waals surface area contributed by atoms with Crippen molar-refractivity contribution in [3.05, 3.63) is 53.3 Å². The van der Waals surface area contributed by atoms with Crippen molar-refractivity contribution in [3.8, 4) is 6.07 Å². The number of imidazole rings is 1. The van der Waals surface area contributed by atoms with Crippen molar-refractivity contribution >= 4 is 21.9 Å². The van der Waals surface area contributed by atoms with Crippen LogP contribution >= 0.6 is 0 Å². The summed E-state index contributed by atoms with van der Waals surface area (Å²) in [7, 11) is 0. The van der Waals surface area contributed by atoms with Crippen LogP contribution in [0.5, 0.6) is 0 Å². The molecule has 3 aromatic heterocycles. The van der Waals surface area contributed by atoms with Crippen molar-refractivity contribution in [1.29, 1.82) is 5.26 Å². The Morgan fingerprint density at radius 1 is 1.27 bits per heavy atom. The van der Waals surface area contributed by atoms with Gasteiger partial charge in [0, 0.05) is 17.9 Å². The molecule has 1 aliphatic rings. The number of rotatable bonds is 3. The SMILES string of the molecule is Cc1cc(Cc2nc3cnc4ccc(C#N)cc4c3n2C2CCCCC2(F)F)no1. The number of hydrogen-bond acceptors (Lipinski definition) is 5. The number of halogens is 2. The molecule has 1 saturated carbocycles. The number of pyridine rings is 1. The zero-order chi connectivity index (χ0) is 20.9. The van der Waals surface area contributed by atoms with Crippen molar-refractivity contribution in [1.82, 2.24) is 19.7 Å². The predicted molar refractivity (Wildman–Crippen MR) is 106 cm³/mol. The molecule has 1 unspecified atom stereocenters. The molecule has 152 valence electrons. The zero-order valence-electron chi connectivity index (χ0n) is 16.4. The van der Waals surface area contributed by atoms with Crippen LogP contribution in [-0.2, 0) is 6.42 Å². The van der Waals surface area contributed by atoms with E-state index in [2.05, 4.69) is 21.2 Å². The van der Waals surface area contributed by atoms with E-state index in [1.165, 1.54) is 0 Å². The molecule has 0 bridgehead atoms. The quantitative estimate of drug-likeness (QED) is 0.472. The maximum atomic E-state index is 15.1. The van der Waals surface area contributed by atoms with E-state index in [1.54, 1.807) is 42.0 Å². The molecule has 8 heteroatoms. The Morgan fingerprint density at radius 3 is 2.87 bits per heavy atom. The van der Waals surface area contributed by atoms with Crippen molar-refractivity contribution in [2.45, 2.75) is 51.0 Å². The highest BCUT2D eigenvalue weighted by Crippen LogP contribution is 2.44. The third-order valence-corrected chi connectivity index (χ3v) is 5.77. The molecule has 3 heterocycles. The number of alkyl halides is 2. The Balaban J connectivity index is 1.80. The molecule has 0 radical (unpaired) electrons. The Bertz CT molecular complexity index is 1300. The number of aryl methyl sites for hydroxylation is 1. The molecule has 4 aromatic rings. The molecule has 6 nitrogen and oxygen atoms in total. The Kier molecular flexibility index (Phi) is 4.28.